The molecular formula is C22H27N3O4. The van der Waals surface area contributed by atoms with E-state index in [4.69, 9.17) is 15.2 Å². The number of nitrogens with zero attached hydrogens (tertiary/aromatic N) is 1. The Morgan fingerprint density at radius 1 is 1.14 bits per heavy atom. The Kier molecular flexibility index (Phi) is 6.59. The summed E-state index contributed by atoms with van der Waals surface area (Å²) in [7, 11) is 3.19. The topological polar surface area (TPSA) is 93.9 Å². The molecule has 1 aliphatic heterocycles. The predicted molar refractivity (Wildman–Crippen MR) is 110 cm³/mol. The molecule has 154 valence electrons. The van der Waals surface area contributed by atoms with E-state index in [1.807, 2.05) is 53.4 Å². The molecule has 0 aromatic heterocycles. The number of nitrogens with one attached hydrogen (secondary N) is 1. The minimum absolute atomic E-state index is 0.0233. The summed E-state index contributed by atoms with van der Waals surface area (Å²) in [6.45, 7) is 0.677. The van der Waals surface area contributed by atoms with E-state index >= 15 is 0 Å². The van der Waals surface area contributed by atoms with Crippen molar-refractivity contribution >= 4 is 11.9 Å². The van der Waals surface area contributed by atoms with Crippen molar-refractivity contribution in [2.75, 3.05) is 20.8 Å². The van der Waals surface area contributed by atoms with Crippen LogP contribution in [0.4, 0.5) is 4.79 Å². The summed E-state index contributed by atoms with van der Waals surface area (Å²) in [5.41, 5.74) is 7.19. The van der Waals surface area contributed by atoms with Crippen molar-refractivity contribution in [2.45, 2.75) is 31.3 Å². The molecular weight excluding hydrogens is 370 g/mol. The molecule has 2 atom stereocenters. The molecule has 1 saturated heterocycles. The number of hydrogen-bond acceptors (Lipinski definition) is 4. The van der Waals surface area contributed by atoms with Crippen LogP contribution in [0.1, 0.15) is 42.5 Å². The van der Waals surface area contributed by atoms with Crippen molar-refractivity contribution in [3.05, 3.63) is 59.7 Å². The van der Waals surface area contributed by atoms with Gasteiger partial charge in [-0.2, -0.15) is 0 Å². The van der Waals surface area contributed by atoms with Crippen molar-refractivity contribution in [1.82, 2.24) is 10.2 Å². The van der Waals surface area contributed by atoms with Crippen molar-refractivity contribution in [2.24, 2.45) is 5.73 Å². The van der Waals surface area contributed by atoms with Gasteiger partial charge in [-0.3, -0.25) is 4.79 Å². The highest BCUT2D eigenvalue weighted by atomic mass is 16.5. The summed E-state index contributed by atoms with van der Waals surface area (Å²) in [6, 6.07) is 14.0. The third kappa shape index (κ3) is 4.80. The number of carbonyl (C=O) groups excluding carboxylic acids is 2. The van der Waals surface area contributed by atoms with Crippen LogP contribution in [-0.2, 0) is 4.79 Å². The SMILES string of the molecule is COc1ccc([C@@H]2CCCN2C(=O)C[C@@H](NC(N)=O)c2ccccc2)cc1OC. The molecule has 2 aromatic rings. The van der Waals surface area contributed by atoms with Crippen molar-refractivity contribution < 1.29 is 19.1 Å². The molecule has 2 aromatic carbocycles. The number of carbonyl (C=O) groups is 2. The Hall–Kier alpha value is -3.22. The normalized spacial score (nSPS) is 16.9. The lowest BCUT2D eigenvalue weighted by Gasteiger charge is -2.28. The Morgan fingerprint density at radius 2 is 1.86 bits per heavy atom. The average molecular weight is 397 g/mol. The number of hydrogen-bond donors (Lipinski definition) is 2. The van der Waals surface area contributed by atoms with E-state index in [9.17, 15) is 9.59 Å². The first-order valence-corrected chi connectivity index (χ1v) is 9.65. The maximum atomic E-state index is 13.1. The van der Waals surface area contributed by atoms with Gasteiger partial charge in [0.2, 0.25) is 5.91 Å². The molecule has 1 aliphatic rings. The van der Waals surface area contributed by atoms with Gasteiger partial charge in [-0.05, 0) is 36.1 Å². The van der Waals surface area contributed by atoms with Gasteiger partial charge in [-0.1, -0.05) is 36.4 Å². The zero-order valence-corrected chi connectivity index (χ0v) is 16.8. The number of urea groups is 1. The molecule has 3 amide bonds. The number of likely N-dealkylation sites (tertiary alicyclic amines) is 1. The zero-order valence-electron chi connectivity index (χ0n) is 16.8. The molecule has 0 unspecified atom stereocenters. The van der Waals surface area contributed by atoms with Crippen LogP contribution in [-0.4, -0.2) is 37.6 Å². The largest absolute Gasteiger partial charge is 0.493 e. The molecule has 0 bridgehead atoms. The van der Waals surface area contributed by atoms with Gasteiger partial charge in [-0.15, -0.1) is 0 Å². The molecule has 0 saturated carbocycles. The number of methoxy groups -OCH3 is 2. The second kappa shape index (κ2) is 9.32. The van der Waals surface area contributed by atoms with Crippen LogP contribution in [0.15, 0.2) is 48.5 Å². The van der Waals surface area contributed by atoms with Crippen LogP contribution in [0.5, 0.6) is 11.5 Å². The molecule has 1 fully saturated rings. The van der Waals surface area contributed by atoms with Gasteiger partial charge in [0, 0.05) is 6.54 Å². The van der Waals surface area contributed by atoms with Gasteiger partial charge in [0.25, 0.3) is 0 Å². The van der Waals surface area contributed by atoms with Gasteiger partial charge in [0.1, 0.15) is 0 Å². The first-order chi connectivity index (χ1) is 14.0. The van der Waals surface area contributed by atoms with Gasteiger partial charge >= 0.3 is 6.03 Å². The maximum Gasteiger partial charge on any atom is 0.312 e. The van der Waals surface area contributed by atoms with Gasteiger partial charge in [0.15, 0.2) is 11.5 Å². The molecule has 0 spiro atoms. The molecule has 3 rings (SSSR count). The van der Waals surface area contributed by atoms with Crippen LogP contribution in [0.2, 0.25) is 0 Å². The van der Waals surface area contributed by atoms with Crippen LogP contribution in [0.3, 0.4) is 0 Å². The van der Waals surface area contributed by atoms with Gasteiger partial charge in [0.05, 0.1) is 32.7 Å². The predicted octanol–water partition coefficient (Wildman–Crippen LogP) is 3.17. The fourth-order valence-electron chi connectivity index (χ4n) is 3.87. The lowest BCUT2D eigenvalue weighted by molar-refractivity contribution is -0.132. The van der Waals surface area contributed by atoms with Gasteiger partial charge < -0.3 is 25.4 Å². The number of rotatable bonds is 7. The summed E-state index contributed by atoms with van der Waals surface area (Å²) in [5, 5.41) is 2.69. The Labute approximate surface area is 170 Å². The lowest BCUT2D eigenvalue weighted by atomic mass is 10.0. The molecule has 7 nitrogen and oxygen atoms in total. The van der Waals surface area contributed by atoms with Crippen LogP contribution in [0, 0.1) is 0 Å². The standard InChI is InChI=1S/C22H27N3O4/c1-28-19-11-10-16(13-20(19)29-2)18-9-6-12-25(18)21(26)14-17(24-22(23)27)15-7-4-3-5-8-15/h3-5,7-8,10-11,13,17-18H,6,9,12,14H2,1-2H3,(H3,23,24,27)/t17-,18+/m1/s1. The van der Waals surface area contributed by atoms with Crippen molar-refractivity contribution in [1.29, 1.82) is 0 Å². The quantitative estimate of drug-likeness (QED) is 0.750. The fourth-order valence-corrected chi connectivity index (χ4v) is 3.87. The second-order valence-corrected chi connectivity index (χ2v) is 7.04. The van der Waals surface area contributed by atoms with E-state index in [1.165, 1.54) is 0 Å². The smallest absolute Gasteiger partial charge is 0.312 e. The van der Waals surface area contributed by atoms with Gasteiger partial charge in [-0.25, -0.2) is 4.79 Å². The molecule has 1 heterocycles. The molecule has 0 radical (unpaired) electrons. The molecule has 7 heteroatoms. The first kappa shape index (κ1) is 20.5. The highest BCUT2D eigenvalue weighted by Crippen LogP contribution is 2.37. The zero-order chi connectivity index (χ0) is 20.8. The lowest BCUT2D eigenvalue weighted by Crippen LogP contribution is -2.38. The highest BCUT2D eigenvalue weighted by molar-refractivity contribution is 5.79. The first-order valence-electron chi connectivity index (χ1n) is 9.65. The van der Waals surface area contributed by atoms with E-state index in [0.29, 0.717) is 18.0 Å². The van der Waals surface area contributed by atoms with Crippen LogP contribution >= 0.6 is 0 Å². The monoisotopic (exact) mass is 397 g/mol. The molecule has 29 heavy (non-hydrogen) atoms. The number of nitrogens with two attached hydrogens (primary N) is 1. The Balaban J connectivity index is 1.79. The highest BCUT2D eigenvalue weighted by Gasteiger charge is 2.32. The molecule has 3 N–H and O–H groups in total. The van der Waals surface area contributed by atoms with E-state index in [1.54, 1.807) is 14.2 Å². The number of benzene rings is 2. The average Bonchev–Trinajstić information content (AvgIpc) is 3.23. The number of amides is 3. The van der Waals surface area contributed by atoms with Crippen LogP contribution in [0.25, 0.3) is 0 Å². The van der Waals surface area contributed by atoms with E-state index < -0.39 is 12.1 Å². The second-order valence-electron chi connectivity index (χ2n) is 7.04. The Morgan fingerprint density at radius 3 is 2.52 bits per heavy atom. The number of ether oxygens (including phenoxy) is 2. The fraction of sp³-hybridized carbons (Fsp3) is 0.364. The van der Waals surface area contributed by atoms with Crippen LogP contribution < -0.4 is 20.5 Å². The van der Waals surface area contributed by atoms with E-state index in [-0.39, 0.29) is 18.4 Å². The summed E-state index contributed by atoms with van der Waals surface area (Å²) < 4.78 is 10.7. The summed E-state index contributed by atoms with van der Waals surface area (Å²) in [4.78, 5) is 26.5. The third-order valence-corrected chi connectivity index (χ3v) is 5.26. The van der Waals surface area contributed by atoms with E-state index in [2.05, 4.69) is 5.32 Å². The molecule has 0 aliphatic carbocycles. The summed E-state index contributed by atoms with van der Waals surface area (Å²) in [6.07, 6.45) is 1.95. The van der Waals surface area contributed by atoms with E-state index in [0.717, 1.165) is 24.0 Å². The summed E-state index contributed by atoms with van der Waals surface area (Å²) in [5.74, 6) is 1.27. The third-order valence-electron chi connectivity index (χ3n) is 5.26. The number of primary amides is 1. The summed E-state index contributed by atoms with van der Waals surface area (Å²) >= 11 is 0. The maximum absolute atomic E-state index is 13.1. The Bertz CT molecular complexity index is 856. The minimum atomic E-state index is -0.649. The van der Waals surface area contributed by atoms with Crippen molar-refractivity contribution in [3.8, 4) is 11.5 Å². The van der Waals surface area contributed by atoms with Crippen molar-refractivity contribution in [3.63, 3.8) is 0 Å². The minimum Gasteiger partial charge on any atom is -0.493 e.